The molecular formula is C19H28N2O3S. The van der Waals surface area contributed by atoms with E-state index in [0.29, 0.717) is 12.2 Å². The Morgan fingerprint density at radius 2 is 1.96 bits per heavy atom. The summed E-state index contributed by atoms with van der Waals surface area (Å²) in [6.07, 6.45) is 7.71. The maximum atomic E-state index is 12.6. The van der Waals surface area contributed by atoms with Crippen LogP contribution in [0.4, 0.5) is 5.69 Å². The molecule has 1 atom stereocenters. The average Bonchev–Trinajstić information content (AvgIpc) is 2.55. The van der Waals surface area contributed by atoms with Gasteiger partial charge in [-0.15, -0.1) is 0 Å². The third kappa shape index (κ3) is 5.08. The average molecular weight is 365 g/mol. The Hall–Kier alpha value is -1.82. The van der Waals surface area contributed by atoms with Gasteiger partial charge in [0.25, 0.3) is 0 Å². The topological polar surface area (TPSA) is 66.5 Å². The van der Waals surface area contributed by atoms with Crippen molar-refractivity contribution in [2.24, 2.45) is 0 Å². The second-order valence-electron chi connectivity index (χ2n) is 6.83. The molecule has 1 aliphatic rings. The lowest BCUT2D eigenvalue weighted by atomic mass is 10.00. The number of sulfonamides is 1. The molecule has 0 bridgehead atoms. The van der Waals surface area contributed by atoms with E-state index in [9.17, 15) is 13.2 Å². The lowest BCUT2D eigenvalue weighted by Crippen LogP contribution is -2.48. The second-order valence-corrected chi connectivity index (χ2v) is 8.69. The fraction of sp³-hybridized carbons (Fsp3) is 0.526. The molecule has 1 aromatic carbocycles. The second kappa shape index (κ2) is 8.04. The fourth-order valence-corrected chi connectivity index (χ4v) is 4.25. The summed E-state index contributed by atoms with van der Waals surface area (Å²) in [6.45, 7) is 6.02. The molecule has 25 heavy (non-hydrogen) atoms. The van der Waals surface area contributed by atoms with Crippen LogP contribution >= 0.6 is 0 Å². The Morgan fingerprint density at radius 3 is 2.52 bits per heavy atom. The van der Waals surface area contributed by atoms with Gasteiger partial charge in [0.1, 0.15) is 6.04 Å². The predicted octanol–water partition coefficient (Wildman–Crippen LogP) is 3.07. The van der Waals surface area contributed by atoms with E-state index in [0.717, 1.165) is 36.6 Å². The highest BCUT2D eigenvalue weighted by Gasteiger charge is 2.29. The molecule has 0 saturated carbocycles. The number of nitrogens with zero attached hydrogens (tertiary/aromatic N) is 1. The van der Waals surface area contributed by atoms with Gasteiger partial charge in [0.2, 0.25) is 15.9 Å². The van der Waals surface area contributed by atoms with Crippen LogP contribution in [0.5, 0.6) is 0 Å². The van der Waals surface area contributed by atoms with Gasteiger partial charge in [-0.05, 0) is 69.7 Å². The Labute approximate surface area is 151 Å². The number of hydrogen-bond donors (Lipinski definition) is 1. The number of anilines is 1. The third-order valence-corrected chi connectivity index (χ3v) is 5.95. The smallest absolute Gasteiger partial charge is 0.243 e. The molecule has 0 heterocycles. The first-order valence-electron chi connectivity index (χ1n) is 8.72. The molecule has 0 aliphatic heterocycles. The number of carbonyl (C=O) groups excluding carboxylic acids is 1. The van der Waals surface area contributed by atoms with Crippen molar-refractivity contribution in [2.75, 3.05) is 17.1 Å². The highest BCUT2D eigenvalue weighted by molar-refractivity contribution is 7.92. The minimum absolute atomic E-state index is 0.282. The number of amides is 1. The molecule has 2 rings (SSSR count). The van der Waals surface area contributed by atoms with E-state index in [1.807, 2.05) is 26.0 Å². The monoisotopic (exact) mass is 364 g/mol. The zero-order chi connectivity index (χ0) is 18.6. The first-order valence-corrected chi connectivity index (χ1v) is 10.6. The standard InChI is InChI=1S/C19H28N2O3S/c1-14-10-11-18(12-15(14)2)21(25(4,23)24)16(3)19(22)20-13-17-8-6-5-7-9-17/h8,10-12,16H,5-7,9,13H2,1-4H3,(H,20,22)/t16-/m0/s1. The van der Waals surface area contributed by atoms with Gasteiger partial charge in [-0.1, -0.05) is 17.7 Å². The molecule has 0 fully saturated rings. The lowest BCUT2D eigenvalue weighted by molar-refractivity contribution is -0.121. The van der Waals surface area contributed by atoms with Crippen molar-refractivity contribution in [1.82, 2.24) is 5.32 Å². The van der Waals surface area contributed by atoms with Crippen molar-refractivity contribution < 1.29 is 13.2 Å². The predicted molar refractivity (Wildman–Crippen MR) is 102 cm³/mol. The largest absolute Gasteiger partial charge is 0.351 e. The summed E-state index contributed by atoms with van der Waals surface area (Å²) < 4.78 is 25.8. The lowest BCUT2D eigenvalue weighted by Gasteiger charge is -2.29. The van der Waals surface area contributed by atoms with Gasteiger partial charge in [-0.2, -0.15) is 0 Å². The van der Waals surface area contributed by atoms with E-state index in [2.05, 4.69) is 11.4 Å². The summed E-state index contributed by atoms with van der Waals surface area (Å²) >= 11 is 0. The highest BCUT2D eigenvalue weighted by Crippen LogP contribution is 2.24. The van der Waals surface area contributed by atoms with Crippen LogP contribution in [0.25, 0.3) is 0 Å². The molecule has 0 unspecified atom stereocenters. The number of allylic oxidation sites excluding steroid dienone is 1. The molecule has 6 heteroatoms. The molecule has 1 aromatic rings. The van der Waals surface area contributed by atoms with Crippen molar-refractivity contribution in [2.45, 2.75) is 52.5 Å². The summed E-state index contributed by atoms with van der Waals surface area (Å²) in [5, 5.41) is 2.89. The SMILES string of the molecule is Cc1ccc(N([C@@H](C)C(=O)NCC2=CCCCC2)S(C)(=O)=O)cc1C. The van der Waals surface area contributed by atoms with Gasteiger partial charge in [0.15, 0.2) is 0 Å². The van der Waals surface area contributed by atoms with E-state index in [-0.39, 0.29) is 5.91 Å². The number of benzene rings is 1. The minimum atomic E-state index is -3.58. The van der Waals surface area contributed by atoms with Crippen LogP contribution in [0, 0.1) is 13.8 Å². The van der Waals surface area contributed by atoms with E-state index in [4.69, 9.17) is 0 Å². The van der Waals surface area contributed by atoms with E-state index in [1.54, 1.807) is 13.0 Å². The third-order valence-electron chi connectivity index (χ3n) is 4.71. The quantitative estimate of drug-likeness (QED) is 0.789. The Bertz CT molecular complexity index is 769. The number of rotatable bonds is 6. The molecule has 0 aromatic heterocycles. The van der Waals surface area contributed by atoms with Crippen LogP contribution in [0.15, 0.2) is 29.8 Å². The van der Waals surface area contributed by atoms with Crippen LogP contribution in [0.2, 0.25) is 0 Å². The van der Waals surface area contributed by atoms with Gasteiger partial charge >= 0.3 is 0 Å². The number of hydrogen-bond acceptors (Lipinski definition) is 3. The summed E-state index contributed by atoms with van der Waals surface area (Å²) in [5.74, 6) is -0.282. The molecule has 0 saturated heterocycles. The van der Waals surface area contributed by atoms with Gasteiger partial charge in [0.05, 0.1) is 11.9 Å². The molecule has 138 valence electrons. The number of nitrogens with one attached hydrogen (secondary N) is 1. The van der Waals surface area contributed by atoms with Crippen molar-refractivity contribution in [3.05, 3.63) is 41.0 Å². The van der Waals surface area contributed by atoms with Crippen LogP contribution in [-0.2, 0) is 14.8 Å². The van der Waals surface area contributed by atoms with Gasteiger partial charge in [0, 0.05) is 6.54 Å². The first kappa shape index (κ1) is 19.5. The van der Waals surface area contributed by atoms with Crippen molar-refractivity contribution in [3.63, 3.8) is 0 Å². The van der Waals surface area contributed by atoms with Gasteiger partial charge in [-0.25, -0.2) is 8.42 Å². The molecule has 1 N–H and O–H groups in total. The molecule has 1 amide bonds. The molecule has 0 spiro atoms. The summed E-state index contributed by atoms with van der Waals surface area (Å²) in [7, 11) is -3.58. The van der Waals surface area contributed by atoms with Crippen LogP contribution in [-0.4, -0.2) is 33.2 Å². The normalized spacial score (nSPS) is 16.1. The van der Waals surface area contributed by atoms with E-state index >= 15 is 0 Å². The minimum Gasteiger partial charge on any atom is -0.351 e. The zero-order valence-corrected chi connectivity index (χ0v) is 16.3. The van der Waals surface area contributed by atoms with Crippen molar-refractivity contribution in [1.29, 1.82) is 0 Å². The molecule has 5 nitrogen and oxygen atoms in total. The summed E-state index contributed by atoms with van der Waals surface area (Å²) in [5.41, 5.74) is 3.82. The van der Waals surface area contributed by atoms with Crippen LogP contribution < -0.4 is 9.62 Å². The van der Waals surface area contributed by atoms with E-state index < -0.39 is 16.1 Å². The maximum absolute atomic E-state index is 12.6. The van der Waals surface area contributed by atoms with Crippen LogP contribution in [0.3, 0.4) is 0 Å². The molecule has 1 aliphatic carbocycles. The summed E-state index contributed by atoms with van der Waals surface area (Å²) in [6, 6.07) is 4.63. The van der Waals surface area contributed by atoms with Crippen molar-refractivity contribution in [3.8, 4) is 0 Å². The first-order chi connectivity index (χ1) is 11.7. The van der Waals surface area contributed by atoms with Crippen LogP contribution in [0.1, 0.15) is 43.7 Å². The molecular weight excluding hydrogens is 336 g/mol. The highest BCUT2D eigenvalue weighted by atomic mass is 32.2. The molecule has 0 radical (unpaired) electrons. The van der Waals surface area contributed by atoms with Gasteiger partial charge < -0.3 is 5.32 Å². The Morgan fingerprint density at radius 1 is 1.24 bits per heavy atom. The number of carbonyl (C=O) groups is 1. The summed E-state index contributed by atoms with van der Waals surface area (Å²) in [4.78, 5) is 12.6. The Kier molecular flexibility index (Phi) is 6.27. The van der Waals surface area contributed by atoms with Crippen molar-refractivity contribution >= 4 is 21.6 Å². The van der Waals surface area contributed by atoms with Gasteiger partial charge in [-0.3, -0.25) is 9.10 Å². The zero-order valence-electron chi connectivity index (χ0n) is 15.5. The Balaban J connectivity index is 2.17. The number of aryl methyl sites for hydroxylation is 2. The maximum Gasteiger partial charge on any atom is 0.243 e. The fourth-order valence-electron chi connectivity index (χ4n) is 3.09. The van der Waals surface area contributed by atoms with E-state index in [1.165, 1.54) is 16.3 Å².